The molecule has 0 aliphatic carbocycles. The number of ether oxygens (including phenoxy) is 1. The fraction of sp³-hybridized carbons (Fsp3) is 0.0870. The van der Waals surface area contributed by atoms with E-state index in [1.54, 1.807) is 31.6 Å². The lowest BCUT2D eigenvalue weighted by molar-refractivity contribution is 0.0944. The molecule has 0 unspecified atom stereocenters. The summed E-state index contributed by atoms with van der Waals surface area (Å²) in [6.07, 6.45) is 4.72. The van der Waals surface area contributed by atoms with Crippen molar-refractivity contribution in [2.45, 2.75) is 10.9 Å². The first-order valence-corrected chi connectivity index (χ1v) is 10.3. The van der Waals surface area contributed by atoms with E-state index < -0.39 is 0 Å². The first-order chi connectivity index (χ1) is 14.7. The number of benzene rings is 2. The Bertz CT molecular complexity index is 1150. The monoisotopic (exact) mass is 417 g/mol. The number of carbonyl (C=O) groups is 1. The molecule has 0 saturated heterocycles. The SMILES string of the molecule is COc1ccccc1/C=C/C(=O)n1nc(-c2ccco2)nc1SCc1ccccc1. The van der Waals surface area contributed by atoms with Gasteiger partial charge >= 0.3 is 0 Å². The van der Waals surface area contributed by atoms with Gasteiger partial charge in [0.25, 0.3) is 5.91 Å². The molecule has 0 spiro atoms. The van der Waals surface area contributed by atoms with Crippen LogP contribution >= 0.6 is 11.8 Å². The second-order valence-corrected chi connectivity index (χ2v) is 7.24. The van der Waals surface area contributed by atoms with E-state index >= 15 is 0 Å². The highest BCUT2D eigenvalue weighted by molar-refractivity contribution is 7.98. The van der Waals surface area contributed by atoms with Crippen LogP contribution in [0.25, 0.3) is 17.7 Å². The van der Waals surface area contributed by atoms with Gasteiger partial charge in [-0.1, -0.05) is 60.3 Å². The van der Waals surface area contributed by atoms with E-state index in [0.717, 1.165) is 11.1 Å². The molecule has 0 N–H and O–H groups in total. The zero-order chi connectivity index (χ0) is 20.8. The second kappa shape index (κ2) is 9.28. The zero-order valence-electron chi connectivity index (χ0n) is 16.3. The van der Waals surface area contributed by atoms with Gasteiger partial charge < -0.3 is 9.15 Å². The summed E-state index contributed by atoms with van der Waals surface area (Å²) in [6, 6.07) is 21.0. The van der Waals surface area contributed by atoms with Gasteiger partial charge in [-0.3, -0.25) is 4.79 Å². The van der Waals surface area contributed by atoms with Crippen LogP contribution < -0.4 is 4.74 Å². The van der Waals surface area contributed by atoms with Crippen molar-refractivity contribution in [3.05, 3.63) is 90.2 Å². The van der Waals surface area contributed by atoms with Crippen molar-refractivity contribution in [3.63, 3.8) is 0 Å². The highest BCUT2D eigenvalue weighted by Crippen LogP contribution is 2.25. The summed E-state index contributed by atoms with van der Waals surface area (Å²) in [5, 5.41) is 4.88. The van der Waals surface area contributed by atoms with Crippen LogP contribution in [-0.2, 0) is 5.75 Å². The molecule has 0 bridgehead atoms. The van der Waals surface area contributed by atoms with Crippen LogP contribution in [-0.4, -0.2) is 27.8 Å². The van der Waals surface area contributed by atoms with Crippen LogP contribution in [0.1, 0.15) is 15.9 Å². The zero-order valence-corrected chi connectivity index (χ0v) is 17.1. The number of furan rings is 1. The molecule has 0 amide bonds. The Morgan fingerprint density at radius 2 is 1.90 bits per heavy atom. The van der Waals surface area contributed by atoms with Crippen LogP contribution in [0.15, 0.2) is 88.6 Å². The fourth-order valence-electron chi connectivity index (χ4n) is 2.80. The van der Waals surface area contributed by atoms with Crippen LogP contribution in [0.3, 0.4) is 0 Å². The predicted molar refractivity (Wildman–Crippen MR) is 116 cm³/mol. The van der Waals surface area contributed by atoms with Gasteiger partial charge in [0, 0.05) is 17.4 Å². The minimum absolute atomic E-state index is 0.304. The summed E-state index contributed by atoms with van der Waals surface area (Å²) in [6.45, 7) is 0. The van der Waals surface area contributed by atoms with Crippen LogP contribution in [0.4, 0.5) is 0 Å². The first kappa shape index (κ1) is 19.7. The van der Waals surface area contributed by atoms with Crippen molar-refractivity contribution < 1.29 is 13.9 Å². The molecule has 0 aliphatic rings. The Morgan fingerprint density at radius 3 is 2.67 bits per heavy atom. The van der Waals surface area contributed by atoms with E-state index in [4.69, 9.17) is 9.15 Å². The smallest absolute Gasteiger partial charge is 0.273 e. The molecule has 7 heteroatoms. The van der Waals surface area contributed by atoms with Crippen molar-refractivity contribution in [2.24, 2.45) is 0 Å². The maximum Gasteiger partial charge on any atom is 0.273 e. The summed E-state index contributed by atoms with van der Waals surface area (Å²) in [4.78, 5) is 17.4. The Hall–Kier alpha value is -3.58. The second-order valence-electron chi connectivity index (χ2n) is 6.29. The standard InChI is InChI=1S/C23H19N3O3S/c1-28-19-11-6-5-10-18(19)13-14-21(27)26-23(30-16-17-8-3-2-4-9-17)24-22(25-26)20-12-7-15-29-20/h2-15H,16H2,1H3/b14-13+. The molecule has 0 fully saturated rings. The number of para-hydroxylation sites is 1. The van der Waals surface area contributed by atoms with E-state index in [1.807, 2.05) is 54.6 Å². The van der Waals surface area contributed by atoms with E-state index in [9.17, 15) is 4.79 Å². The fourth-order valence-corrected chi connectivity index (χ4v) is 3.70. The third-order valence-corrected chi connectivity index (χ3v) is 5.28. The summed E-state index contributed by atoms with van der Waals surface area (Å²) in [7, 11) is 1.60. The summed E-state index contributed by atoms with van der Waals surface area (Å²) in [5.74, 6) is 1.93. The Morgan fingerprint density at radius 1 is 1.10 bits per heavy atom. The summed E-state index contributed by atoms with van der Waals surface area (Å²) < 4.78 is 12.0. The molecule has 30 heavy (non-hydrogen) atoms. The molecule has 2 aromatic heterocycles. The number of rotatable bonds is 7. The Labute approximate surface area is 178 Å². The highest BCUT2D eigenvalue weighted by atomic mass is 32.2. The van der Waals surface area contributed by atoms with E-state index in [1.165, 1.54) is 22.5 Å². The molecule has 0 aliphatic heterocycles. The lowest BCUT2D eigenvalue weighted by Crippen LogP contribution is -2.11. The molecule has 4 rings (SSSR count). The Kier molecular flexibility index (Phi) is 6.10. The Balaban J connectivity index is 1.61. The van der Waals surface area contributed by atoms with Crippen LogP contribution in [0, 0.1) is 0 Å². The van der Waals surface area contributed by atoms with Gasteiger partial charge in [-0.2, -0.15) is 9.67 Å². The molecule has 4 aromatic rings. The van der Waals surface area contributed by atoms with Gasteiger partial charge in [0.05, 0.1) is 13.4 Å². The lowest BCUT2D eigenvalue weighted by Gasteiger charge is -2.04. The number of nitrogens with zero attached hydrogens (tertiary/aromatic N) is 3. The van der Waals surface area contributed by atoms with Crippen molar-refractivity contribution >= 4 is 23.7 Å². The molecular weight excluding hydrogens is 398 g/mol. The largest absolute Gasteiger partial charge is 0.496 e. The number of allylic oxidation sites excluding steroid dienone is 1. The van der Waals surface area contributed by atoms with E-state index in [0.29, 0.717) is 28.2 Å². The van der Waals surface area contributed by atoms with Crippen molar-refractivity contribution in [2.75, 3.05) is 7.11 Å². The number of methoxy groups -OCH3 is 1. The van der Waals surface area contributed by atoms with E-state index in [2.05, 4.69) is 10.1 Å². The maximum absolute atomic E-state index is 12.9. The lowest BCUT2D eigenvalue weighted by atomic mass is 10.2. The molecule has 0 radical (unpaired) electrons. The minimum atomic E-state index is -0.304. The summed E-state index contributed by atoms with van der Waals surface area (Å²) >= 11 is 1.44. The van der Waals surface area contributed by atoms with Gasteiger partial charge in [0.1, 0.15) is 5.75 Å². The first-order valence-electron chi connectivity index (χ1n) is 9.27. The van der Waals surface area contributed by atoms with Crippen LogP contribution in [0.5, 0.6) is 5.75 Å². The number of hydrogen-bond acceptors (Lipinski definition) is 6. The van der Waals surface area contributed by atoms with Crippen molar-refractivity contribution in [1.82, 2.24) is 14.8 Å². The average Bonchev–Trinajstić information content (AvgIpc) is 3.47. The van der Waals surface area contributed by atoms with E-state index in [-0.39, 0.29) is 5.91 Å². The van der Waals surface area contributed by atoms with Crippen LogP contribution in [0.2, 0.25) is 0 Å². The maximum atomic E-state index is 12.9. The number of hydrogen-bond donors (Lipinski definition) is 0. The third kappa shape index (κ3) is 4.52. The molecule has 2 heterocycles. The topological polar surface area (TPSA) is 70.2 Å². The van der Waals surface area contributed by atoms with Gasteiger partial charge in [-0.05, 0) is 29.8 Å². The van der Waals surface area contributed by atoms with Gasteiger partial charge in [0.15, 0.2) is 10.9 Å². The molecule has 0 atom stereocenters. The molecule has 6 nitrogen and oxygen atoms in total. The molecule has 2 aromatic carbocycles. The van der Waals surface area contributed by atoms with Crippen molar-refractivity contribution in [3.8, 4) is 17.3 Å². The molecule has 150 valence electrons. The number of thioether (sulfide) groups is 1. The molecular formula is C23H19N3O3S. The van der Waals surface area contributed by atoms with Gasteiger partial charge in [0.2, 0.25) is 5.82 Å². The average molecular weight is 417 g/mol. The van der Waals surface area contributed by atoms with Crippen molar-refractivity contribution in [1.29, 1.82) is 0 Å². The number of carbonyl (C=O) groups excluding carboxylic acids is 1. The molecule has 0 saturated carbocycles. The third-order valence-electron chi connectivity index (χ3n) is 4.28. The quantitative estimate of drug-likeness (QED) is 0.304. The predicted octanol–water partition coefficient (Wildman–Crippen LogP) is 5.19. The van der Waals surface area contributed by atoms with Gasteiger partial charge in [-0.25, -0.2) is 0 Å². The minimum Gasteiger partial charge on any atom is -0.496 e. The normalized spacial score (nSPS) is 11.1. The highest BCUT2D eigenvalue weighted by Gasteiger charge is 2.18. The van der Waals surface area contributed by atoms with Gasteiger partial charge in [-0.15, -0.1) is 5.10 Å². The number of aromatic nitrogens is 3. The summed E-state index contributed by atoms with van der Waals surface area (Å²) in [5.41, 5.74) is 1.94.